The fourth-order valence-corrected chi connectivity index (χ4v) is 4.37. The molecule has 0 atom stereocenters. The van der Waals surface area contributed by atoms with Crippen molar-refractivity contribution in [3.05, 3.63) is 41.7 Å². The number of anilines is 2. The van der Waals surface area contributed by atoms with Gasteiger partial charge >= 0.3 is 0 Å². The molecule has 0 bridgehead atoms. The number of hydrogen-bond acceptors (Lipinski definition) is 8. The zero-order valence-electron chi connectivity index (χ0n) is 18.8. The zero-order valence-corrected chi connectivity index (χ0v) is 19.6. The third-order valence-electron chi connectivity index (χ3n) is 5.15. The summed E-state index contributed by atoms with van der Waals surface area (Å²) in [5.74, 6) is 2.15. The van der Waals surface area contributed by atoms with Crippen molar-refractivity contribution < 1.29 is 17.9 Å². The fraction of sp³-hybridized carbons (Fsp3) is 0.500. The van der Waals surface area contributed by atoms with Gasteiger partial charge in [-0.1, -0.05) is 12.1 Å². The summed E-state index contributed by atoms with van der Waals surface area (Å²) in [5, 5.41) is 5.62. The second-order valence-corrected chi connectivity index (χ2v) is 10.5. The maximum atomic E-state index is 12.2. The van der Waals surface area contributed by atoms with Crippen molar-refractivity contribution in [1.29, 1.82) is 0 Å². The molecule has 3 rings (SSSR count). The van der Waals surface area contributed by atoms with E-state index < -0.39 is 15.1 Å². The minimum absolute atomic E-state index is 0.126. The highest BCUT2D eigenvalue weighted by atomic mass is 32.2. The monoisotopic (exact) mass is 461 g/mol. The Bertz CT molecular complexity index is 1020. The van der Waals surface area contributed by atoms with Gasteiger partial charge in [-0.05, 0) is 38.5 Å². The van der Waals surface area contributed by atoms with Crippen molar-refractivity contribution in [2.24, 2.45) is 0 Å². The van der Waals surface area contributed by atoms with Crippen molar-refractivity contribution in [3.8, 4) is 0 Å². The molecule has 0 saturated carbocycles. The fourth-order valence-electron chi connectivity index (χ4n) is 3.31. The summed E-state index contributed by atoms with van der Waals surface area (Å²) in [5.41, 5.74) is 0.764. The topological polar surface area (TPSA) is 114 Å². The highest BCUT2D eigenvalue weighted by molar-refractivity contribution is 7.92. The molecule has 10 heteroatoms. The van der Waals surface area contributed by atoms with Crippen molar-refractivity contribution in [2.75, 3.05) is 49.6 Å². The van der Waals surface area contributed by atoms with Gasteiger partial charge in [-0.3, -0.25) is 4.79 Å². The molecule has 0 aliphatic carbocycles. The molecular weight excluding hydrogens is 430 g/mol. The van der Waals surface area contributed by atoms with E-state index in [-0.39, 0.29) is 17.2 Å². The van der Waals surface area contributed by atoms with E-state index in [1.165, 1.54) is 0 Å². The van der Waals surface area contributed by atoms with E-state index in [2.05, 4.69) is 25.5 Å². The van der Waals surface area contributed by atoms with Gasteiger partial charge in [0.15, 0.2) is 9.84 Å². The maximum Gasteiger partial charge on any atom is 0.224 e. The Morgan fingerprint density at radius 2 is 1.81 bits per heavy atom. The number of morpholine rings is 1. The summed E-state index contributed by atoms with van der Waals surface area (Å²) < 4.78 is 29.8. The Morgan fingerprint density at radius 1 is 1.12 bits per heavy atom. The molecule has 1 saturated heterocycles. The van der Waals surface area contributed by atoms with Crippen LogP contribution in [0.2, 0.25) is 0 Å². The Morgan fingerprint density at radius 3 is 2.47 bits per heavy atom. The van der Waals surface area contributed by atoms with Crippen LogP contribution in [0, 0.1) is 6.92 Å². The molecule has 1 aromatic carbocycles. The van der Waals surface area contributed by atoms with Crippen LogP contribution in [-0.4, -0.2) is 68.9 Å². The third-order valence-corrected chi connectivity index (χ3v) is 7.32. The van der Waals surface area contributed by atoms with Crippen LogP contribution >= 0.6 is 0 Å². The number of amides is 1. The van der Waals surface area contributed by atoms with Gasteiger partial charge in [-0.15, -0.1) is 0 Å². The molecule has 1 fully saturated rings. The smallest absolute Gasteiger partial charge is 0.224 e. The van der Waals surface area contributed by atoms with Crippen molar-refractivity contribution >= 4 is 27.4 Å². The lowest BCUT2D eigenvalue weighted by Gasteiger charge is -2.28. The lowest BCUT2D eigenvalue weighted by molar-refractivity contribution is -0.120. The third kappa shape index (κ3) is 6.39. The number of hydrogen-bond donors (Lipinski definition) is 2. The minimum atomic E-state index is -3.31. The van der Waals surface area contributed by atoms with Gasteiger partial charge in [0, 0.05) is 32.2 Å². The highest BCUT2D eigenvalue weighted by Crippen LogP contribution is 2.18. The first-order valence-corrected chi connectivity index (χ1v) is 12.3. The summed E-state index contributed by atoms with van der Waals surface area (Å²) >= 11 is 0. The van der Waals surface area contributed by atoms with Gasteiger partial charge in [-0.25, -0.2) is 18.4 Å². The van der Waals surface area contributed by atoms with E-state index in [1.807, 2.05) is 13.0 Å². The van der Waals surface area contributed by atoms with Crippen LogP contribution in [0.4, 0.5) is 11.6 Å². The molecule has 32 heavy (non-hydrogen) atoms. The molecular formula is C22H31N5O4S. The number of carbonyl (C=O) groups is 1. The lowest BCUT2D eigenvalue weighted by atomic mass is 10.1. The number of carbonyl (C=O) groups excluding carboxylic acids is 1. The number of ether oxygens (including phenoxy) is 1. The summed E-state index contributed by atoms with van der Waals surface area (Å²) in [7, 11) is -3.31. The molecule has 1 amide bonds. The first kappa shape index (κ1) is 23.9. The van der Waals surface area contributed by atoms with Crippen LogP contribution in [-0.2, 0) is 25.8 Å². The summed E-state index contributed by atoms with van der Waals surface area (Å²) in [6.45, 7) is 9.10. The van der Waals surface area contributed by atoms with Crippen molar-refractivity contribution in [2.45, 2.75) is 37.3 Å². The predicted molar refractivity (Wildman–Crippen MR) is 124 cm³/mol. The van der Waals surface area contributed by atoms with E-state index >= 15 is 0 Å². The molecule has 0 unspecified atom stereocenters. The summed E-state index contributed by atoms with van der Waals surface area (Å²) in [4.78, 5) is 23.6. The minimum Gasteiger partial charge on any atom is -0.378 e. The quantitative estimate of drug-likeness (QED) is 0.541. The molecule has 0 spiro atoms. The van der Waals surface area contributed by atoms with Crippen LogP contribution < -0.4 is 15.5 Å². The average molecular weight is 462 g/mol. The summed E-state index contributed by atoms with van der Waals surface area (Å²) in [6.07, 6.45) is 0.190. The number of rotatable bonds is 9. The highest BCUT2D eigenvalue weighted by Gasteiger charge is 2.19. The molecule has 2 N–H and O–H groups in total. The lowest BCUT2D eigenvalue weighted by Crippen LogP contribution is -2.37. The van der Waals surface area contributed by atoms with Gasteiger partial charge in [0.1, 0.15) is 17.5 Å². The zero-order chi connectivity index (χ0) is 23.1. The normalized spacial score (nSPS) is 14.4. The first-order chi connectivity index (χ1) is 15.3. The number of sulfone groups is 1. The standard InChI is InChI=1S/C22H31N5O4S/c1-16(2)32(29,30)19-6-4-18(5-7-19)14-22(28)24-9-8-23-20-15-21(26-17(3)25-20)27-10-12-31-13-11-27/h4-7,15-16H,8-14H2,1-3H3,(H,24,28)(H,23,25,26). The van der Waals surface area contributed by atoms with E-state index in [0.29, 0.717) is 32.1 Å². The van der Waals surface area contributed by atoms with Gasteiger partial charge in [0.25, 0.3) is 0 Å². The first-order valence-electron chi connectivity index (χ1n) is 10.8. The van der Waals surface area contributed by atoms with Crippen molar-refractivity contribution in [1.82, 2.24) is 15.3 Å². The largest absolute Gasteiger partial charge is 0.378 e. The Balaban J connectivity index is 1.46. The molecule has 2 aromatic rings. The molecule has 0 radical (unpaired) electrons. The number of nitrogens with one attached hydrogen (secondary N) is 2. The molecule has 2 heterocycles. The van der Waals surface area contributed by atoms with E-state index in [0.717, 1.165) is 30.3 Å². The second-order valence-electron chi connectivity index (χ2n) is 7.95. The van der Waals surface area contributed by atoms with Crippen LogP contribution in [0.3, 0.4) is 0 Å². The molecule has 1 aliphatic heterocycles. The van der Waals surface area contributed by atoms with Gasteiger partial charge in [0.2, 0.25) is 5.91 Å². The number of aromatic nitrogens is 2. The number of aryl methyl sites for hydroxylation is 1. The molecule has 9 nitrogen and oxygen atoms in total. The van der Waals surface area contributed by atoms with E-state index in [1.54, 1.807) is 38.1 Å². The summed E-state index contributed by atoms with van der Waals surface area (Å²) in [6, 6.07) is 8.40. The van der Waals surface area contributed by atoms with Gasteiger partial charge in [0.05, 0.1) is 29.8 Å². The van der Waals surface area contributed by atoms with Crippen LogP contribution in [0.1, 0.15) is 25.2 Å². The Labute approximate surface area is 189 Å². The van der Waals surface area contributed by atoms with Gasteiger partial charge in [-0.2, -0.15) is 0 Å². The van der Waals surface area contributed by atoms with Crippen LogP contribution in [0.5, 0.6) is 0 Å². The van der Waals surface area contributed by atoms with Crippen molar-refractivity contribution in [3.63, 3.8) is 0 Å². The number of benzene rings is 1. The second kappa shape index (κ2) is 10.7. The predicted octanol–water partition coefficient (Wildman–Crippen LogP) is 1.57. The number of nitrogens with zero attached hydrogens (tertiary/aromatic N) is 3. The molecule has 174 valence electrons. The SMILES string of the molecule is Cc1nc(NCCNC(=O)Cc2ccc(S(=O)(=O)C(C)C)cc2)cc(N2CCOCC2)n1. The average Bonchev–Trinajstić information content (AvgIpc) is 2.77. The molecule has 1 aromatic heterocycles. The van der Waals surface area contributed by atoms with Gasteiger partial charge < -0.3 is 20.3 Å². The Hall–Kier alpha value is -2.72. The Kier molecular flexibility index (Phi) is 8.03. The van der Waals surface area contributed by atoms with E-state index in [4.69, 9.17) is 4.74 Å². The van der Waals surface area contributed by atoms with E-state index in [9.17, 15) is 13.2 Å². The molecule has 1 aliphatic rings. The van der Waals surface area contributed by atoms with Crippen LogP contribution in [0.25, 0.3) is 0 Å². The maximum absolute atomic E-state index is 12.2. The van der Waals surface area contributed by atoms with Crippen LogP contribution in [0.15, 0.2) is 35.2 Å².